The average molecular weight is 458 g/mol. The quantitative estimate of drug-likeness (QED) is 0.383. The SMILES string of the molecule is Cc1c(Cl)cccc1-n1nc(C(=O)Nc2ccc(Cl)cc2)nc1-c1cccc(Cl)c1. The molecule has 4 aromatic rings. The molecule has 1 amide bonds. The zero-order valence-electron chi connectivity index (χ0n) is 15.7. The Bertz CT molecular complexity index is 1240. The summed E-state index contributed by atoms with van der Waals surface area (Å²) in [6.45, 7) is 1.88. The van der Waals surface area contributed by atoms with E-state index >= 15 is 0 Å². The first-order valence-electron chi connectivity index (χ1n) is 8.98. The number of carbonyl (C=O) groups is 1. The number of benzene rings is 3. The summed E-state index contributed by atoms with van der Waals surface area (Å²) in [7, 11) is 0. The number of halogens is 3. The Morgan fingerprint density at radius 3 is 2.40 bits per heavy atom. The molecule has 0 aliphatic heterocycles. The summed E-state index contributed by atoms with van der Waals surface area (Å²) in [5.74, 6) is 0.0439. The van der Waals surface area contributed by atoms with Crippen LogP contribution in [0.3, 0.4) is 0 Å². The molecule has 3 aromatic carbocycles. The van der Waals surface area contributed by atoms with Gasteiger partial charge in [0.2, 0.25) is 5.82 Å². The molecule has 150 valence electrons. The summed E-state index contributed by atoms with van der Waals surface area (Å²) in [6.07, 6.45) is 0. The van der Waals surface area contributed by atoms with Crippen molar-refractivity contribution >= 4 is 46.4 Å². The molecule has 1 heterocycles. The average Bonchev–Trinajstić information content (AvgIpc) is 3.17. The highest BCUT2D eigenvalue weighted by atomic mass is 35.5. The summed E-state index contributed by atoms with van der Waals surface area (Å²) < 4.78 is 1.60. The molecule has 8 heteroatoms. The van der Waals surface area contributed by atoms with Crippen molar-refractivity contribution in [3.63, 3.8) is 0 Å². The third-order valence-electron chi connectivity index (χ3n) is 4.46. The van der Waals surface area contributed by atoms with Gasteiger partial charge < -0.3 is 5.32 Å². The number of aromatic nitrogens is 3. The molecule has 1 N–H and O–H groups in total. The second-order valence-corrected chi connectivity index (χ2v) is 7.81. The molecule has 0 bridgehead atoms. The molecular formula is C22H15Cl3N4O. The van der Waals surface area contributed by atoms with Gasteiger partial charge in [0.05, 0.1) is 5.69 Å². The van der Waals surface area contributed by atoms with Crippen molar-refractivity contribution in [1.82, 2.24) is 14.8 Å². The fourth-order valence-corrected chi connectivity index (χ4v) is 3.42. The Hall–Kier alpha value is -2.86. The molecule has 0 fully saturated rings. The number of rotatable bonds is 4. The Morgan fingerprint density at radius 1 is 0.933 bits per heavy atom. The van der Waals surface area contributed by atoms with Gasteiger partial charge in [-0.2, -0.15) is 0 Å². The number of carbonyl (C=O) groups excluding carboxylic acids is 1. The Morgan fingerprint density at radius 2 is 1.67 bits per heavy atom. The first kappa shape index (κ1) is 20.4. The summed E-state index contributed by atoms with van der Waals surface area (Å²) in [5.41, 5.74) is 2.84. The molecule has 0 saturated heterocycles. The van der Waals surface area contributed by atoms with E-state index in [1.54, 1.807) is 47.1 Å². The van der Waals surface area contributed by atoms with Gasteiger partial charge in [-0.15, -0.1) is 5.10 Å². The van der Waals surface area contributed by atoms with Gasteiger partial charge in [0.1, 0.15) is 0 Å². The number of hydrogen-bond donors (Lipinski definition) is 1. The Kier molecular flexibility index (Phi) is 5.77. The van der Waals surface area contributed by atoms with E-state index in [2.05, 4.69) is 15.4 Å². The van der Waals surface area contributed by atoms with E-state index < -0.39 is 5.91 Å². The van der Waals surface area contributed by atoms with Gasteiger partial charge in [-0.25, -0.2) is 9.67 Å². The lowest BCUT2D eigenvalue weighted by atomic mass is 10.1. The number of anilines is 1. The molecule has 30 heavy (non-hydrogen) atoms. The summed E-state index contributed by atoms with van der Waals surface area (Å²) in [6, 6.07) is 19.5. The minimum atomic E-state index is -0.445. The smallest absolute Gasteiger partial charge is 0.295 e. The van der Waals surface area contributed by atoms with Crippen LogP contribution in [0.25, 0.3) is 17.1 Å². The van der Waals surface area contributed by atoms with Crippen molar-refractivity contribution in [2.75, 3.05) is 5.32 Å². The van der Waals surface area contributed by atoms with E-state index in [1.807, 2.05) is 31.2 Å². The lowest BCUT2D eigenvalue weighted by Crippen LogP contribution is -2.14. The number of amides is 1. The second-order valence-electron chi connectivity index (χ2n) is 6.53. The van der Waals surface area contributed by atoms with Crippen LogP contribution in [0.1, 0.15) is 16.2 Å². The van der Waals surface area contributed by atoms with Crippen molar-refractivity contribution in [3.05, 3.63) is 93.2 Å². The Balaban J connectivity index is 1.80. The number of nitrogens with zero attached hydrogens (tertiary/aromatic N) is 3. The van der Waals surface area contributed by atoms with Crippen LogP contribution in [0.15, 0.2) is 66.7 Å². The molecule has 0 radical (unpaired) electrons. The van der Waals surface area contributed by atoms with Gasteiger partial charge in [-0.3, -0.25) is 4.79 Å². The fraction of sp³-hybridized carbons (Fsp3) is 0.0455. The molecule has 0 spiro atoms. The van der Waals surface area contributed by atoms with Crippen molar-refractivity contribution in [3.8, 4) is 17.1 Å². The van der Waals surface area contributed by atoms with E-state index in [9.17, 15) is 4.79 Å². The zero-order chi connectivity index (χ0) is 21.3. The zero-order valence-corrected chi connectivity index (χ0v) is 18.0. The molecule has 0 saturated carbocycles. The molecule has 0 aliphatic rings. The maximum Gasteiger partial charge on any atom is 0.295 e. The van der Waals surface area contributed by atoms with Gasteiger partial charge in [0.25, 0.3) is 5.91 Å². The normalized spacial score (nSPS) is 10.8. The van der Waals surface area contributed by atoms with Gasteiger partial charge in [0, 0.05) is 26.3 Å². The van der Waals surface area contributed by atoms with E-state index in [-0.39, 0.29) is 5.82 Å². The van der Waals surface area contributed by atoms with Crippen LogP contribution in [0, 0.1) is 6.92 Å². The molecule has 4 rings (SSSR count). The lowest BCUT2D eigenvalue weighted by Gasteiger charge is -2.10. The summed E-state index contributed by atoms with van der Waals surface area (Å²) in [5, 5.41) is 8.97. The minimum absolute atomic E-state index is 0.0132. The molecule has 1 aromatic heterocycles. The molecule has 0 aliphatic carbocycles. The molecule has 0 unspecified atom stereocenters. The first-order valence-corrected chi connectivity index (χ1v) is 10.1. The fourth-order valence-electron chi connectivity index (χ4n) is 2.94. The van der Waals surface area contributed by atoms with Crippen LogP contribution < -0.4 is 5.32 Å². The highest BCUT2D eigenvalue weighted by molar-refractivity contribution is 6.31. The van der Waals surface area contributed by atoms with E-state index in [4.69, 9.17) is 34.8 Å². The van der Waals surface area contributed by atoms with Crippen molar-refractivity contribution in [2.24, 2.45) is 0 Å². The number of nitrogens with one attached hydrogen (secondary N) is 1. The van der Waals surface area contributed by atoms with Crippen LogP contribution in [-0.2, 0) is 0 Å². The molecule has 0 atom stereocenters. The van der Waals surface area contributed by atoms with E-state index in [0.29, 0.717) is 26.6 Å². The van der Waals surface area contributed by atoms with Crippen LogP contribution in [0.2, 0.25) is 15.1 Å². The second kappa shape index (κ2) is 8.48. The number of hydrogen-bond acceptors (Lipinski definition) is 3. The van der Waals surface area contributed by atoms with Crippen molar-refractivity contribution in [2.45, 2.75) is 6.92 Å². The van der Waals surface area contributed by atoms with E-state index in [0.717, 1.165) is 16.8 Å². The van der Waals surface area contributed by atoms with Gasteiger partial charge in [-0.1, -0.05) is 53.0 Å². The van der Waals surface area contributed by atoms with Crippen molar-refractivity contribution in [1.29, 1.82) is 0 Å². The van der Waals surface area contributed by atoms with Crippen LogP contribution in [0.5, 0.6) is 0 Å². The highest BCUT2D eigenvalue weighted by Gasteiger charge is 2.20. The van der Waals surface area contributed by atoms with Crippen LogP contribution in [0.4, 0.5) is 5.69 Å². The van der Waals surface area contributed by atoms with Gasteiger partial charge in [-0.05, 0) is 61.0 Å². The van der Waals surface area contributed by atoms with Gasteiger partial charge in [0.15, 0.2) is 5.82 Å². The lowest BCUT2D eigenvalue weighted by molar-refractivity contribution is 0.101. The largest absolute Gasteiger partial charge is 0.319 e. The minimum Gasteiger partial charge on any atom is -0.319 e. The predicted molar refractivity (Wildman–Crippen MR) is 121 cm³/mol. The summed E-state index contributed by atoms with van der Waals surface area (Å²) >= 11 is 18.4. The highest BCUT2D eigenvalue weighted by Crippen LogP contribution is 2.28. The maximum atomic E-state index is 12.8. The van der Waals surface area contributed by atoms with Gasteiger partial charge >= 0.3 is 0 Å². The first-order chi connectivity index (χ1) is 14.4. The van der Waals surface area contributed by atoms with Crippen LogP contribution in [-0.4, -0.2) is 20.7 Å². The summed E-state index contributed by atoms with van der Waals surface area (Å²) in [4.78, 5) is 17.3. The van der Waals surface area contributed by atoms with Crippen LogP contribution >= 0.6 is 34.8 Å². The Labute approximate surface area is 188 Å². The standard InChI is InChI=1S/C22H15Cl3N4O/c1-13-18(25)6-3-7-19(13)29-21(14-4-2-5-16(24)12-14)27-20(28-29)22(30)26-17-10-8-15(23)9-11-17/h2-12H,1H3,(H,26,30). The maximum absolute atomic E-state index is 12.8. The topological polar surface area (TPSA) is 59.8 Å². The third kappa shape index (κ3) is 4.19. The molecule has 5 nitrogen and oxygen atoms in total. The molecular weight excluding hydrogens is 443 g/mol. The third-order valence-corrected chi connectivity index (χ3v) is 5.36. The predicted octanol–water partition coefficient (Wildman–Crippen LogP) is 6.46. The van der Waals surface area contributed by atoms with Crippen molar-refractivity contribution < 1.29 is 4.79 Å². The monoisotopic (exact) mass is 456 g/mol. The van der Waals surface area contributed by atoms with E-state index in [1.165, 1.54) is 0 Å².